The Kier molecular flexibility index (Phi) is 4.52. The molecule has 0 aliphatic carbocycles. The van der Waals surface area contributed by atoms with E-state index in [1.54, 1.807) is 12.1 Å². The monoisotopic (exact) mass is 332 g/mol. The molecule has 0 aliphatic rings. The first kappa shape index (κ1) is 15.8. The molecule has 23 heavy (non-hydrogen) atoms. The third kappa shape index (κ3) is 3.47. The van der Waals surface area contributed by atoms with Gasteiger partial charge in [-0.3, -0.25) is 0 Å². The number of hydrogen-bond donors (Lipinski definition) is 2. The molecule has 0 bridgehead atoms. The van der Waals surface area contributed by atoms with Crippen LogP contribution in [0.25, 0.3) is 0 Å². The van der Waals surface area contributed by atoms with Gasteiger partial charge in [-0.05, 0) is 47.5 Å². The molecule has 0 saturated carbocycles. The van der Waals surface area contributed by atoms with Crippen molar-refractivity contribution < 1.29 is 19.0 Å². The molecule has 118 valence electrons. The fourth-order valence-electron chi connectivity index (χ4n) is 2.28. The van der Waals surface area contributed by atoms with E-state index in [0.717, 1.165) is 0 Å². The van der Waals surface area contributed by atoms with Crippen molar-refractivity contribution in [1.29, 1.82) is 0 Å². The molecule has 5 heteroatoms. The molecule has 0 saturated heterocycles. The lowest BCUT2D eigenvalue weighted by molar-refractivity contribution is 0.223. The second-order valence-corrected chi connectivity index (χ2v) is 6.30. The zero-order valence-electron chi connectivity index (χ0n) is 12.0. The predicted octanol–water partition coefficient (Wildman–Crippen LogP) is 4.19. The highest BCUT2D eigenvalue weighted by Gasteiger charge is 2.17. The van der Waals surface area contributed by atoms with E-state index in [2.05, 4.69) is 0 Å². The largest absolute Gasteiger partial charge is 0.383 e. The second kappa shape index (κ2) is 6.58. The van der Waals surface area contributed by atoms with Gasteiger partial charge in [-0.2, -0.15) is 0 Å². The molecule has 2 nitrogen and oxygen atoms in total. The van der Waals surface area contributed by atoms with Gasteiger partial charge >= 0.3 is 0 Å². The van der Waals surface area contributed by atoms with Gasteiger partial charge in [-0.25, -0.2) is 8.78 Å². The van der Waals surface area contributed by atoms with Crippen molar-refractivity contribution >= 4 is 11.3 Å². The van der Waals surface area contributed by atoms with Gasteiger partial charge in [-0.1, -0.05) is 24.3 Å². The average Bonchev–Trinajstić information content (AvgIpc) is 3.05. The quantitative estimate of drug-likeness (QED) is 0.752. The SMILES string of the molecule is O[C@H](c1ccc(F)cc1)c1ccc([C@@H](O)c2ccc(F)cc2)s1. The average molecular weight is 332 g/mol. The number of thiophene rings is 1. The van der Waals surface area contributed by atoms with Crippen molar-refractivity contribution in [3.8, 4) is 0 Å². The Morgan fingerprint density at radius 3 is 1.30 bits per heavy atom. The van der Waals surface area contributed by atoms with Crippen LogP contribution in [0.5, 0.6) is 0 Å². The van der Waals surface area contributed by atoms with E-state index < -0.39 is 12.2 Å². The van der Waals surface area contributed by atoms with Gasteiger partial charge in [0.1, 0.15) is 23.8 Å². The molecule has 3 rings (SSSR count). The number of hydrogen-bond acceptors (Lipinski definition) is 3. The summed E-state index contributed by atoms with van der Waals surface area (Å²) in [5.41, 5.74) is 1.16. The molecule has 0 spiro atoms. The highest BCUT2D eigenvalue weighted by Crippen LogP contribution is 2.33. The van der Waals surface area contributed by atoms with Crippen LogP contribution in [0.2, 0.25) is 0 Å². The van der Waals surface area contributed by atoms with E-state index in [1.807, 2.05) is 0 Å². The summed E-state index contributed by atoms with van der Waals surface area (Å²) in [5.74, 6) is -0.723. The predicted molar refractivity (Wildman–Crippen MR) is 85.2 cm³/mol. The normalized spacial score (nSPS) is 13.7. The summed E-state index contributed by atoms with van der Waals surface area (Å²) >= 11 is 1.26. The third-order valence-electron chi connectivity index (χ3n) is 3.56. The van der Waals surface area contributed by atoms with Crippen molar-refractivity contribution in [3.63, 3.8) is 0 Å². The zero-order chi connectivity index (χ0) is 16.4. The highest BCUT2D eigenvalue weighted by molar-refractivity contribution is 7.12. The van der Waals surface area contributed by atoms with E-state index in [9.17, 15) is 19.0 Å². The molecule has 2 atom stereocenters. The van der Waals surface area contributed by atoms with Crippen LogP contribution in [-0.2, 0) is 0 Å². The highest BCUT2D eigenvalue weighted by atomic mass is 32.1. The Labute approximate surface area is 136 Å². The van der Waals surface area contributed by atoms with E-state index >= 15 is 0 Å². The second-order valence-electron chi connectivity index (χ2n) is 5.15. The maximum atomic E-state index is 12.9. The Morgan fingerprint density at radius 2 is 0.957 bits per heavy atom. The number of aliphatic hydroxyl groups is 2. The number of benzene rings is 2. The maximum absolute atomic E-state index is 12.9. The third-order valence-corrected chi connectivity index (χ3v) is 4.75. The molecule has 2 N–H and O–H groups in total. The summed E-state index contributed by atoms with van der Waals surface area (Å²) in [6.45, 7) is 0. The van der Waals surface area contributed by atoms with E-state index in [-0.39, 0.29) is 11.6 Å². The zero-order valence-corrected chi connectivity index (χ0v) is 12.8. The number of aliphatic hydroxyl groups excluding tert-OH is 2. The molecule has 0 amide bonds. The fourth-order valence-corrected chi connectivity index (χ4v) is 3.32. The summed E-state index contributed by atoms with van der Waals surface area (Å²) in [5, 5.41) is 20.7. The molecule has 0 fully saturated rings. The van der Waals surface area contributed by atoms with Gasteiger partial charge in [0.15, 0.2) is 0 Å². The summed E-state index contributed by atoms with van der Waals surface area (Å²) in [4.78, 5) is 1.29. The van der Waals surface area contributed by atoms with Crippen LogP contribution in [0.3, 0.4) is 0 Å². The molecule has 1 heterocycles. The van der Waals surface area contributed by atoms with Crippen LogP contribution in [0.1, 0.15) is 33.1 Å². The lowest BCUT2D eigenvalue weighted by Gasteiger charge is -2.10. The molecule has 2 aromatic carbocycles. The first-order valence-corrected chi connectivity index (χ1v) is 7.83. The minimum Gasteiger partial charge on any atom is -0.383 e. The van der Waals surface area contributed by atoms with Crippen molar-refractivity contribution in [3.05, 3.63) is 93.2 Å². The molecular formula is C18H14F2O2S. The topological polar surface area (TPSA) is 40.5 Å². The minimum absolute atomic E-state index is 0.362. The van der Waals surface area contributed by atoms with E-state index in [1.165, 1.54) is 59.9 Å². The maximum Gasteiger partial charge on any atom is 0.123 e. The Bertz CT molecular complexity index is 716. The van der Waals surface area contributed by atoms with Crippen LogP contribution in [0, 0.1) is 11.6 Å². The van der Waals surface area contributed by atoms with E-state index in [0.29, 0.717) is 20.9 Å². The van der Waals surface area contributed by atoms with Gasteiger partial charge in [0.05, 0.1) is 0 Å². The van der Waals surface area contributed by atoms with Gasteiger partial charge in [0.25, 0.3) is 0 Å². The van der Waals surface area contributed by atoms with Gasteiger partial charge in [-0.15, -0.1) is 11.3 Å². The first-order valence-electron chi connectivity index (χ1n) is 7.01. The number of halogens is 2. The lowest BCUT2D eigenvalue weighted by atomic mass is 10.1. The first-order chi connectivity index (χ1) is 11.0. The van der Waals surface area contributed by atoms with Crippen molar-refractivity contribution in [1.82, 2.24) is 0 Å². The molecule has 0 unspecified atom stereocenters. The number of rotatable bonds is 4. The molecular weight excluding hydrogens is 318 g/mol. The molecule has 1 aromatic heterocycles. The molecule has 0 aliphatic heterocycles. The minimum atomic E-state index is -0.880. The van der Waals surface area contributed by atoms with Crippen LogP contribution in [-0.4, -0.2) is 10.2 Å². The van der Waals surface area contributed by atoms with Gasteiger partial charge in [0.2, 0.25) is 0 Å². The van der Waals surface area contributed by atoms with Crippen molar-refractivity contribution in [2.45, 2.75) is 12.2 Å². The van der Waals surface area contributed by atoms with Gasteiger partial charge < -0.3 is 10.2 Å². The fraction of sp³-hybridized carbons (Fsp3) is 0.111. The Morgan fingerprint density at radius 1 is 0.609 bits per heavy atom. The van der Waals surface area contributed by atoms with Crippen LogP contribution in [0.4, 0.5) is 8.78 Å². The van der Waals surface area contributed by atoms with Gasteiger partial charge in [0, 0.05) is 9.75 Å². The van der Waals surface area contributed by atoms with Crippen molar-refractivity contribution in [2.24, 2.45) is 0 Å². The van der Waals surface area contributed by atoms with Crippen molar-refractivity contribution in [2.75, 3.05) is 0 Å². The Balaban J connectivity index is 1.82. The van der Waals surface area contributed by atoms with E-state index in [4.69, 9.17) is 0 Å². The van der Waals surface area contributed by atoms with Crippen LogP contribution >= 0.6 is 11.3 Å². The summed E-state index contributed by atoms with van der Waals surface area (Å²) in [6.07, 6.45) is -1.76. The summed E-state index contributed by atoms with van der Waals surface area (Å²) < 4.78 is 25.9. The smallest absolute Gasteiger partial charge is 0.123 e. The summed E-state index contributed by atoms with van der Waals surface area (Å²) in [7, 11) is 0. The molecule has 0 radical (unpaired) electrons. The standard InChI is InChI=1S/C18H14F2O2S/c19-13-5-1-11(2-6-13)17(21)15-9-10-16(23-15)18(22)12-3-7-14(20)8-4-12/h1-10,17-18,21-22H/t17-,18+. The van der Waals surface area contributed by atoms with Crippen LogP contribution in [0.15, 0.2) is 60.7 Å². The summed E-state index contributed by atoms with van der Waals surface area (Å²) in [6, 6.07) is 14.7. The Hall–Kier alpha value is -2.08. The lowest BCUT2D eigenvalue weighted by Crippen LogP contribution is -1.98. The van der Waals surface area contributed by atoms with Crippen LogP contribution < -0.4 is 0 Å². The molecule has 3 aromatic rings.